The number of nitrogens with one attached hydrogen (secondary N) is 2. The predicted molar refractivity (Wildman–Crippen MR) is 165 cm³/mol. The first-order chi connectivity index (χ1) is 19.2. The Hall–Kier alpha value is -2.96. The average Bonchev–Trinajstić information content (AvgIpc) is 3.36. The maximum Gasteiger partial charge on any atom is 0.495 e. The monoisotopic (exact) mass is 574 g/mol. The van der Waals surface area contributed by atoms with Gasteiger partial charge in [-0.05, 0) is 62.0 Å². The van der Waals surface area contributed by atoms with Crippen molar-refractivity contribution in [3.8, 4) is 12.1 Å². The molecule has 2 fully saturated rings. The highest BCUT2D eigenvalue weighted by molar-refractivity contribution is 6.74. The highest BCUT2D eigenvalue weighted by Crippen LogP contribution is 2.37. The zero-order chi connectivity index (χ0) is 30.0. The SMILES string of the molecule is Cc1cnc(Nc2cc(C#N)c(B3OCC(C)(C)CO3)c(CO[Si](C)(C)C(C)(C)C)c2)nc1NC1CCC[C@@H]1C#N. The fraction of sp³-hybridized carbons (Fsp3) is 0.600. The van der Waals surface area contributed by atoms with Gasteiger partial charge in [-0.15, -0.1) is 0 Å². The number of aromatic nitrogens is 2. The van der Waals surface area contributed by atoms with Gasteiger partial charge in [0.05, 0.1) is 30.2 Å². The average molecular weight is 575 g/mol. The van der Waals surface area contributed by atoms with E-state index in [9.17, 15) is 10.5 Å². The normalized spacial score (nSPS) is 20.8. The molecule has 0 amide bonds. The van der Waals surface area contributed by atoms with Gasteiger partial charge in [-0.1, -0.05) is 34.6 Å². The van der Waals surface area contributed by atoms with Gasteiger partial charge in [0.2, 0.25) is 5.95 Å². The maximum atomic E-state index is 10.2. The van der Waals surface area contributed by atoms with Crippen molar-refractivity contribution in [2.75, 3.05) is 23.8 Å². The van der Waals surface area contributed by atoms with Gasteiger partial charge in [-0.2, -0.15) is 15.5 Å². The molecular formula is C30H43BN6O3Si. The van der Waals surface area contributed by atoms with Gasteiger partial charge >= 0.3 is 7.12 Å². The van der Waals surface area contributed by atoms with E-state index in [1.165, 1.54) is 0 Å². The van der Waals surface area contributed by atoms with Crippen LogP contribution in [0.15, 0.2) is 18.3 Å². The van der Waals surface area contributed by atoms with Crippen LogP contribution in [0.1, 0.15) is 70.6 Å². The molecule has 41 heavy (non-hydrogen) atoms. The lowest BCUT2D eigenvalue weighted by Gasteiger charge is -2.37. The summed E-state index contributed by atoms with van der Waals surface area (Å²) in [5.41, 5.74) is 3.51. The van der Waals surface area contributed by atoms with Crippen LogP contribution in [0.3, 0.4) is 0 Å². The van der Waals surface area contributed by atoms with Gasteiger partial charge in [-0.3, -0.25) is 0 Å². The van der Waals surface area contributed by atoms with Crippen LogP contribution in [0.2, 0.25) is 18.1 Å². The Kier molecular flexibility index (Phi) is 9.15. The Labute approximate surface area is 246 Å². The summed E-state index contributed by atoms with van der Waals surface area (Å²) in [7, 11) is -2.73. The predicted octanol–water partition coefficient (Wildman–Crippen LogP) is 5.79. The van der Waals surface area contributed by atoms with Crippen molar-refractivity contribution in [1.29, 1.82) is 10.5 Å². The van der Waals surface area contributed by atoms with Crippen LogP contribution < -0.4 is 16.1 Å². The summed E-state index contributed by atoms with van der Waals surface area (Å²) in [5.74, 6) is 1.09. The lowest BCUT2D eigenvalue weighted by atomic mass is 9.71. The van der Waals surface area contributed by atoms with Gasteiger partial charge < -0.3 is 24.4 Å². The summed E-state index contributed by atoms with van der Waals surface area (Å²) in [4.78, 5) is 9.23. The molecule has 1 aliphatic heterocycles. The molecule has 0 bridgehead atoms. The van der Waals surface area contributed by atoms with Gasteiger partial charge in [-0.25, -0.2) is 4.98 Å². The number of rotatable bonds is 8. The standard InChI is InChI=1S/C30H43BN6O3Si/c1-20-16-34-28(37-27(20)36-25-11-9-10-21(25)14-32)35-24-12-22(15-33)26(31-38-18-30(5,6)19-39-31)23(13-24)17-40-41(7,8)29(2,3)4/h12-13,16,21,25H,9-11,17-19H2,1-8H3,(H2,34,35,36,37)/t21-,25?/m1/s1. The summed E-state index contributed by atoms with van der Waals surface area (Å²) in [5, 5.41) is 26.5. The van der Waals surface area contributed by atoms with Crippen molar-refractivity contribution in [1.82, 2.24) is 9.97 Å². The molecule has 4 rings (SSSR count). The lowest BCUT2D eigenvalue weighted by molar-refractivity contribution is 0.0341. The van der Waals surface area contributed by atoms with Crippen LogP contribution in [-0.2, 0) is 20.3 Å². The van der Waals surface area contributed by atoms with Crippen LogP contribution in [-0.4, -0.2) is 44.7 Å². The summed E-state index contributed by atoms with van der Waals surface area (Å²) in [6.07, 6.45) is 4.64. The van der Waals surface area contributed by atoms with Crippen molar-refractivity contribution in [2.45, 2.75) is 91.6 Å². The van der Waals surface area contributed by atoms with E-state index < -0.39 is 15.4 Å². The minimum absolute atomic E-state index is 0.0234. The lowest BCUT2D eigenvalue weighted by Crippen LogP contribution is -2.50. The second kappa shape index (κ2) is 12.1. The van der Waals surface area contributed by atoms with Crippen molar-refractivity contribution >= 4 is 38.4 Å². The molecule has 218 valence electrons. The van der Waals surface area contributed by atoms with E-state index in [0.29, 0.717) is 48.3 Å². The summed E-state index contributed by atoms with van der Waals surface area (Å²) in [6.45, 7) is 18.6. The van der Waals surface area contributed by atoms with E-state index in [4.69, 9.17) is 18.7 Å². The number of nitriles is 2. The number of benzene rings is 1. The molecule has 2 heterocycles. The van der Waals surface area contributed by atoms with Crippen LogP contribution >= 0.6 is 0 Å². The van der Waals surface area contributed by atoms with Crippen molar-refractivity contribution < 1.29 is 13.7 Å². The first-order valence-corrected chi connectivity index (χ1v) is 17.3. The fourth-order valence-corrected chi connectivity index (χ4v) is 5.80. The molecule has 1 aromatic carbocycles. The molecule has 1 saturated carbocycles. The van der Waals surface area contributed by atoms with Crippen molar-refractivity contribution in [3.05, 3.63) is 35.0 Å². The first kappa shape index (κ1) is 31.0. The number of hydrogen-bond donors (Lipinski definition) is 2. The van der Waals surface area contributed by atoms with E-state index in [1.807, 2.05) is 13.0 Å². The second-order valence-electron chi connectivity index (χ2n) is 13.6. The Morgan fingerprint density at radius 2 is 1.88 bits per heavy atom. The van der Waals surface area contributed by atoms with E-state index in [0.717, 1.165) is 30.4 Å². The number of anilines is 3. The molecule has 1 aromatic heterocycles. The highest BCUT2D eigenvalue weighted by Gasteiger charge is 2.39. The van der Waals surface area contributed by atoms with Gasteiger partial charge in [0.1, 0.15) is 5.82 Å². The van der Waals surface area contributed by atoms with Crippen LogP contribution in [0.25, 0.3) is 0 Å². The molecule has 2 aromatic rings. The van der Waals surface area contributed by atoms with Gasteiger partial charge in [0, 0.05) is 47.6 Å². The largest absolute Gasteiger partial charge is 0.495 e. The number of aryl methyl sites for hydroxylation is 1. The quantitative estimate of drug-likeness (QED) is 0.377. The zero-order valence-corrected chi connectivity index (χ0v) is 26.7. The topological polar surface area (TPSA) is 125 Å². The van der Waals surface area contributed by atoms with E-state index in [-0.39, 0.29) is 22.4 Å². The van der Waals surface area contributed by atoms with E-state index >= 15 is 0 Å². The van der Waals surface area contributed by atoms with Crippen molar-refractivity contribution in [2.24, 2.45) is 11.3 Å². The molecule has 11 heteroatoms. The van der Waals surface area contributed by atoms with Crippen LogP contribution in [0, 0.1) is 40.9 Å². The summed E-state index contributed by atoms with van der Waals surface area (Å²) in [6, 6.07) is 8.62. The maximum absolute atomic E-state index is 10.2. The molecule has 0 radical (unpaired) electrons. The highest BCUT2D eigenvalue weighted by atomic mass is 28.4. The van der Waals surface area contributed by atoms with E-state index in [1.54, 1.807) is 12.3 Å². The minimum atomic E-state index is -2.08. The minimum Gasteiger partial charge on any atom is -0.413 e. The molecule has 2 aliphatic rings. The Balaban J connectivity index is 1.66. The Morgan fingerprint density at radius 3 is 2.51 bits per heavy atom. The molecule has 9 nitrogen and oxygen atoms in total. The third-order valence-corrected chi connectivity index (χ3v) is 13.0. The van der Waals surface area contributed by atoms with E-state index in [2.05, 4.69) is 75.5 Å². The van der Waals surface area contributed by atoms with Gasteiger partial charge in [0.25, 0.3) is 0 Å². The molecule has 2 atom stereocenters. The molecule has 1 unspecified atom stereocenters. The second-order valence-corrected chi connectivity index (χ2v) is 18.5. The molecule has 2 N–H and O–H groups in total. The Bertz CT molecular complexity index is 1340. The summed E-state index contributed by atoms with van der Waals surface area (Å²) < 4.78 is 18.9. The molecule has 1 aliphatic carbocycles. The molecular weight excluding hydrogens is 531 g/mol. The zero-order valence-electron chi connectivity index (χ0n) is 25.7. The third-order valence-electron chi connectivity index (χ3n) is 8.50. The van der Waals surface area contributed by atoms with Gasteiger partial charge in [0.15, 0.2) is 8.32 Å². The molecule has 0 spiro atoms. The number of nitrogens with zero attached hydrogens (tertiary/aromatic N) is 4. The summed E-state index contributed by atoms with van der Waals surface area (Å²) >= 11 is 0. The third kappa shape index (κ3) is 7.28. The van der Waals surface area contributed by atoms with Crippen LogP contribution in [0.4, 0.5) is 17.5 Å². The molecule has 1 saturated heterocycles. The smallest absolute Gasteiger partial charge is 0.413 e. The van der Waals surface area contributed by atoms with Crippen molar-refractivity contribution in [3.63, 3.8) is 0 Å². The fourth-order valence-electron chi connectivity index (χ4n) is 4.85. The van der Waals surface area contributed by atoms with Crippen LogP contribution in [0.5, 0.6) is 0 Å². The number of hydrogen-bond acceptors (Lipinski definition) is 9. The first-order valence-electron chi connectivity index (χ1n) is 14.4. The Morgan fingerprint density at radius 1 is 1.17 bits per heavy atom.